The van der Waals surface area contributed by atoms with E-state index in [9.17, 15) is 14.4 Å². The van der Waals surface area contributed by atoms with Gasteiger partial charge in [0.1, 0.15) is 0 Å². The number of hydrogen-bond acceptors (Lipinski definition) is 4. The molecule has 2 aliphatic rings. The van der Waals surface area contributed by atoms with Gasteiger partial charge in [-0.3, -0.25) is 14.4 Å². The van der Waals surface area contributed by atoms with E-state index in [4.69, 9.17) is 0 Å². The van der Waals surface area contributed by atoms with E-state index in [-0.39, 0.29) is 24.3 Å². The Labute approximate surface area is 135 Å². The van der Waals surface area contributed by atoms with Crippen LogP contribution >= 0.6 is 0 Å². The van der Waals surface area contributed by atoms with Crippen molar-refractivity contribution in [2.75, 3.05) is 13.1 Å². The van der Waals surface area contributed by atoms with Crippen molar-refractivity contribution >= 4 is 17.7 Å². The van der Waals surface area contributed by atoms with Crippen LogP contribution in [0, 0.1) is 0 Å². The van der Waals surface area contributed by atoms with Crippen LogP contribution in [0.15, 0.2) is 24.3 Å². The number of nitrogens with one attached hydrogen (secondary N) is 1. The molecular weight excluding hydrogens is 294 g/mol. The third kappa shape index (κ3) is 3.42. The summed E-state index contributed by atoms with van der Waals surface area (Å²) in [5.41, 5.74) is 4.33. The van der Waals surface area contributed by atoms with Gasteiger partial charge in [-0.25, -0.2) is 10.4 Å². The Morgan fingerprint density at radius 2 is 1.65 bits per heavy atom. The molecule has 0 aromatic heterocycles. The minimum absolute atomic E-state index is 0.0243. The molecule has 6 nitrogen and oxygen atoms in total. The van der Waals surface area contributed by atoms with Crippen molar-refractivity contribution in [3.8, 4) is 0 Å². The van der Waals surface area contributed by atoms with Gasteiger partial charge >= 0.3 is 0 Å². The maximum atomic E-state index is 12.6. The Morgan fingerprint density at radius 1 is 1.00 bits per heavy atom. The minimum atomic E-state index is -0.204. The van der Waals surface area contributed by atoms with E-state index in [1.807, 2.05) is 23.1 Å². The highest BCUT2D eigenvalue weighted by atomic mass is 16.2. The number of likely N-dealkylation sites (tertiary alicyclic amines) is 1. The summed E-state index contributed by atoms with van der Waals surface area (Å²) in [5, 5.41) is 1.10. The fourth-order valence-electron chi connectivity index (χ4n) is 3.07. The van der Waals surface area contributed by atoms with Crippen LogP contribution in [-0.2, 0) is 16.1 Å². The van der Waals surface area contributed by atoms with Crippen LogP contribution in [-0.4, -0.2) is 40.7 Å². The van der Waals surface area contributed by atoms with E-state index in [2.05, 4.69) is 5.43 Å². The molecule has 3 rings (SSSR count). The molecule has 0 unspecified atom stereocenters. The molecule has 2 heterocycles. The van der Waals surface area contributed by atoms with Crippen LogP contribution in [0.1, 0.15) is 48.0 Å². The van der Waals surface area contributed by atoms with E-state index in [1.165, 1.54) is 0 Å². The number of hydrogen-bond donors (Lipinski definition) is 1. The normalized spacial score (nSPS) is 18.6. The molecular formula is C17H21N3O3. The summed E-state index contributed by atoms with van der Waals surface area (Å²) in [5.74, 6) is -0.384. The zero-order chi connectivity index (χ0) is 16.2. The lowest BCUT2D eigenvalue weighted by atomic mass is 10.1. The van der Waals surface area contributed by atoms with Gasteiger partial charge in [0.05, 0.1) is 0 Å². The first-order valence-electron chi connectivity index (χ1n) is 8.13. The molecule has 2 aliphatic heterocycles. The molecule has 1 aromatic rings. The van der Waals surface area contributed by atoms with Gasteiger partial charge in [-0.15, -0.1) is 0 Å². The average Bonchev–Trinajstić information content (AvgIpc) is 3.08. The van der Waals surface area contributed by atoms with Crippen LogP contribution in [0.4, 0.5) is 0 Å². The summed E-state index contributed by atoms with van der Waals surface area (Å²) in [4.78, 5) is 38.1. The highest BCUT2D eigenvalue weighted by molar-refractivity contribution is 5.97. The smallest absolute Gasteiger partial charge is 0.254 e. The third-order valence-corrected chi connectivity index (χ3v) is 4.35. The fourth-order valence-corrected chi connectivity index (χ4v) is 3.07. The van der Waals surface area contributed by atoms with Crippen molar-refractivity contribution in [2.45, 2.75) is 38.6 Å². The molecule has 0 aliphatic carbocycles. The molecule has 122 valence electrons. The molecule has 1 N–H and O–H groups in total. The van der Waals surface area contributed by atoms with Crippen LogP contribution in [0.25, 0.3) is 0 Å². The zero-order valence-corrected chi connectivity index (χ0v) is 13.1. The Kier molecular flexibility index (Phi) is 4.71. The van der Waals surface area contributed by atoms with E-state index in [0.717, 1.165) is 36.5 Å². The SMILES string of the molecule is O=C(c1ccccc1CNN1C(=O)CCCC1=O)N1CCCC1. The summed E-state index contributed by atoms with van der Waals surface area (Å²) < 4.78 is 0. The van der Waals surface area contributed by atoms with E-state index >= 15 is 0 Å². The average molecular weight is 315 g/mol. The van der Waals surface area contributed by atoms with Gasteiger partial charge in [-0.2, -0.15) is 0 Å². The predicted octanol–water partition coefficient (Wildman–Crippen LogP) is 1.47. The number of imide groups is 1. The van der Waals surface area contributed by atoms with E-state index in [1.54, 1.807) is 6.07 Å². The predicted molar refractivity (Wildman–Crippen MR) is 84.1 cm³/mol. The van der Waals surface area contributed by atoms with Crippen molar-refractivity contribution in [1.82, 2.24) is 15.3 Å². The number of carbonyl (C=O) groups is 3. The van der Waals surface area contributed by atoms with Gasteiger partial charge in [0, 0.05) is 38.0 Å². The lowest BCUT2D eigenvalue weighted by Gasteiger charge is -2.26. The van der Waals surface area contributed by atoms with Crippen molar-refractivity contribution in [1.29, 1.82) is 0 Å². The van der Waals surface area contributed by atoms with Gasteiger partial charge in [0.2, 0.25) is 11.8 Å². The minimum Gasteiger partial charge on any atom is -0.339 e. The maximum Gasteiger partial charge on any atom is 0.254 e. The number of carbonyl (C=O) groups excluding carboxylic acids is 3. The van der Waals surface area contributed by atoms with Crippen LogP contribution in [0.3, 0.4) is 0 Å². The molecule has 23 heavy (non-hydrogen) atoms. The summed E-state index contributed by atoms with van der Waals surface area (Å²) in [7, 11) is 0. The second kappa shape index (κ2) is 6.91. The van der Waals surface area contributed by atoms with Gasteiger partial charge in [0.25, 0.3) is 5.91 Å². The quantitative estimate of drug-likeness (QED) is 0.854. The number of rotatable bonds is 4. The van der Waals surface area contributed by atoms with Crippen molar-refractivity contribution in [3.05, 3.63) is 35.4 Å². The Morgan fingerprint density at radius 3 is 2.35 bits per heavy atom. The second-order valence-corrected chi connectivity index (χ2v) is 5.97. The van der Waals surface area contributed by atoms with Crippen molar-refractivity contribution < 1.29 is 14.4 Å². The standard InChI is InChI=1S/C17H21N3O3/c21-15-8-5-9-16(22)20(15)18-12-13-6-1-2-7-14(13)17(23)19-10-3-4-11-19/h1-2,6-7,18H,3-5,8-12H2. The third-order valence-electron chi connectivity index (χ3n) is 4.35. The van der Waals surface area contributed by atoms with Gasteiger partial charge < -0.3 is 4.90 Å². The molecule has 3 amide bonds. The zero-order valence-electron chi connectivity index (χ0n) is 13.1. The number of nitrogens with zero attached hydrogens (tertiary/aromatic N) is 2. The second-order valence-electron chi connectivity index (χ2n) is 5.97. The summed E-state index contributed by atoms with van der Waals surface area (Å²) >= 11 is 0. The molecule has 0 atom stereocenters. The maximum absolute atomic E-state index is 12.6. The van der Waals surface area contributed by atoms with Gasteiger partial charge in [-0.05, 0) is 30.9 Å². The van der Waals surface area contributed by atoms with Crippen LogP contribution in [0.5, 0.6) is 0 Å². The largest absolute Gasteiger partial charge is 0.339 e. The highest BCUT2D eigenvalue weighted by Gasteiger charge is 2.26. The molecule has 2 saturated heterocycles. The van der Waals surface area contributed by atoms with Gasteiger partial charge in [0.15, 0.2) is 0 Å². The first kappa shape index (κ1) is 15.7. The summed E-state index contributed by atoms with van der Waals surface area (Å²) in [6.45, 7) is 1.88. The Hall–Kier alpha value is -2.21. The number of hydrazine groups is 1. The molecule has 0 spiro atoms. The topological polar surface area (TPSA) is 69.7 Å². The first-order valence-corrected chi connectivity index (χ1v) is 8.13. The number of benzene rings is 1. The lowest BCUT2D eigenvalue weighted by molar-refractivity contribution is -0.152. The molecule has 0 saturated carbocycles. The van der Waals surface area contributed by atoms with Crippen LogP contribution < -0.4 is 5.43 Å². The Bertz CT molecular complexity index is 607. The van der Waals surface area contributed by atoms with E-state index < -0.39 is 0 Å². The van der Waals surface area contributed by atoms with Crippen LogP contribution in [0.2, 0.25) is 0 Å². The first-order chi connectivity index (χ1) is 11.2. The monoisotopic (exact) mass is 315 g/mol. The molecule has 0 radical (unpaired) electrons. The summed E-state index contributed by atoms with van der Waals surface area (Å²) in [6.07, 6.45) is 3.46. The van der Waals surface area contributed by atoms with Crippen molar-refractivity contribution in [2.24, 2.45) is 0 Å². The molecule has 0 bridgehead atoms. The molecule has 2 fully saturated rings. The van der Waals surface area contributed by atoms with E-state index in [0.29, 0.717) is 24.8 Å². The number of piperidine rings is 1. The molecule has 6 heteroatoms. The lowest BCUT2D eigenvalue weighted by Crippen LogP contribution is -2.49. The fraction of sp³-hybridized carbons (Fsp3) is 0.471. The molecule has 1 aromatic carbocycles. The number of amides is 3. The van der Waals surface area contributed by atoms with Gasteiger partial charge in [-0.1, -0.05) is 18.2 Å². The summed E-state index contributed by atoms with van der Waals surface area (Å²) in [6, 6.07) is 7.36. The van der Waals surface area contributed by atoms with Crippen molar-refractivity contribution in [3.63, 3.8) is 0 Å². The highest BCUT2D eigenvalue weighted by Crippen LogP contribution is 2.17. The Balaban J connectivity index is 1.71.